The zero-order valence-corrected chi connectivity index (χ0v) is 14.6. The first-order valence-corrected chi connectivity index (χ1v) is 8.20. The second-order valence-electron chi connectivity index (χ2n) is 5.68. The minimum absolute atomic E-state index is 0.213. The molecular weight excluding hydrogens is 357 g/mol. The highest BCUT2D eigenvalue weighted by Crippen LogP contribution is 2.23. The molecule has 0 aliphatic rings. The molecule has 5 nitrogen and oxygen atoms in total. The van der Waals surface area contributed by atoms with Crippen molar-refractivity contribution in [2.75, 3.05) is 5.32 Å². The van der Waals surface area contributed by atoms with Gasteiger partial charge in [-0.15, -0.1) is 0 Å². The van der Waals surface area contributed by atoms with E-state index in [4.69, 9.17) is 11.6 Å². The summed E-state index contributed by atoms with van der Waals surface area (Å²) >= 11 is 6.02. The lowest BCUT2D eigenvalue weighted by Crippen LogP contribution is -2.27. The van der Waals surface area contributed by atoms with Crippen LogP contribution in [0.3, 0.4) is 0 Å². The van der Waals surface area contributed by atoms with E-state index in [0.717, 1.165) is 10.1 Å². The summed E-state index contributed by atoms with van der Waals surface area (Å²) in [4.78, 5) is 28.5. The van der Waals surface area contributed by atoms with E-state index in [2.05, 4.69) is 10.3 Å². The van der Waals surface area contributed by atoms with Crippen molar-refractivity contribution in [3.63, 3.8) is 0 Å². The number of hydrogen-bond acceptors (Lipinski definition) is 3. The van der Waals surface area contributed by atoms with Gasteiger partial charge in [-0.2, -0.15) is 0 Å². The minimum atomic E-state index is -0.466. The Hall–Kier alpha value is -2.99. The van der Waals surface area contributed by atoms with Gasteiger partial charge in [-0.3, -0.25) is 14.2 Å². The minimum Gasteiger partial charge on any atom is -0.324 e. The van der Waals surface area contributed by atoms with Crippen LogP contribution in [-0.2, 0) is 11.3 Å². The van der Waals surface area contributed by atoms with Gasteiger partial charge in [-0.1, -0.05) is 29.8 Å². The average molecular weight is 372 g/mol. The van der Waals surface area contributed by atoms with Crippen LogP contribution < -0.4 is 10.9 Å². The van der Waals surface area contributed by atoms with E-state index in [-0.39, 0.29) is 17.8 Å². The lowest BCUT2D eigenvalue weighted by atomic mass is 10.1. The van der Waals surface area contributed by atoms with Crippen molar-refractivity contribution in [3.05, 3.63) is 81.6 Å². The fourth-order valence-corrected chi connectivity index (χ4v) is 2.62. The number of carbonyl (C=O) groups excluding carboxylic acids is 1. The van der Waals surface area contributed by atoms with Gasteiger partial charge in [-0.05, 0) is 36.8 Å². The number of carbonyl (C=O) groups is 1. The lowest BCUT2D eigenvalue weighted by Gasteiger charge is -2.11. The maximum atomic E-state index is 13.8. The number of amides is 1. The van der Waals surface area contributed by atoms with E-state index in [1.807, 2.05) is 0 Å². The summed E-state index contributed by atoms with van der Waals surface area (Å²) in [6, 6.07) is 12.4. The summed E-state index contributed by atoms with van der Waals surface area (Å²) in [7, 11) is 0. The van der Waals surface area contributed by atoms with Gasteiger partial charge in [0.1, 0.15) is 12.4 Å². The molecular formula is C19H15ClFN3O2. The first-order valence-electron chi connectivity index (χ1n) is 7.82. The Morgan fingerprint density at radius 3 is 2.73 bits per heavy atom. The van der Waals surface area contributed by atoms with Crippen LogP contribution in [0.15, 0.2) is 59.7 Å². The van der Waals surface area contributed by atoms with Crippen molar-refractivity contribution >= 4 is 23.2 Å². The SMILES string of the molecule is Cc1c(Cl)cccc1NC(=O)Cn1cnc(-c2ccccc2F)cc1=O. The Kier molecular flexibility index (Phi) is 5.14. The summed E-state index contributed by atoms with van der Waals surface area (Å²) in [5, 5.41) is 3.25. The highest BCUT2D eigenvalue weighted by molar-refractivity contribution is 6.31. The van der Waals surface area contributed by atoms with Crippen LogP contribution in [0.5, 0.6) is 0 Å². The number of benzene rings is 2. The molecule has 1 amide bonds. The Balaban J connectivity index is 1.78. The number of halogens is 2. The first-order chi connectivity index (χ1) is 12.5. The Morgan fingerprint density at radius 1 is 1.23 bits per heavy atom. The van der Waals surface area contributed by atoms with Gasteiger partial charge in [0.05, 0.1) is 12.0 Å². The lowest BCUT2D eigenvalue weighted by molar-refractivity contribution is -0.116. The van der Waals surface area contributed by atoms with Gasteiger partial charge in [-0.25, -0.2) is 9.37 Å². The Morgan fingerprint density at radius 2 is 2.00 bits per heavy atom. The molecule has 0 aliphatic heterocycles. The maximum Gasteiger partial charge on any atom is 0.254 e. The van der Waals surface area contributed by atoms with Gasteiger partial charge >= 0.3 is 0 Å². The van der Waals surface area contributed by atoms with Crippen molar-refractivity contribution in [1.29, 1.82) is 0 Å². The van der Waals surface area contributed by atoms with Crippen LogP contribution >= 0.6 is 11.6 Å². The van der Waals surface area contributed by atoms with Crippen molar-refractivity contribution < 1.29 is 9.18 Å². The van der Waals surface area contributed by atoms with Crippen molar-refractivity contribution in [3.8, 4) is 11.3 Å². The fourth-order valence-electron chi connectivity index (χ4n) is 2.45. The quantitative estimate of drug-likeness (QED) is 0.761. The number of anilines is 1. The molecule has 0 saturated heterocycles. The van der Waals surface area contributed by atoms with E-state index in [9.17, 15) is 14.0 Å². The van der Waals surface area contributed by atoms with Gasteiger partial charge in [0.25, 0.3) is 5.56 Å². The van der Waals surface area contributed by atoms with Crippen LogP contribution in [-0.4, -0.2) is 15.5 Å². The van der Waals surface area contributed by atoms with E-state index in [1.54, 1.807) is 37.3 Å². The molecule has 3 rings (SSSR count). The molecule has 3 aromatic rings. The van der Waals surface area contributed by atoms with E-state index in [1.165, 1.54) is 24.5 Å². The monoisotopic (exact) mass is 371 g/mol. The standard InChI is InChI=1S/C19H15ClFN3O2/c1-12-14(20)6-4-8-16(12)23-18(25)10-24-11-22-17(9-19(24)26)13-5-2-3-7-15(13)21/h2-9,11H,10H2,1H3,(H,23,25). The molecule has 132 valence electrons. The van der Waals surface area contributed by atoms with Gasteiger partial charge in [0.2, 0.25) is 5.91 Å². The molecule has 0 fully saturated rings. The Bertz CT molecular complexity index is 1030. The van der Waals surface area contributed by atoms with E-state index in [0.29, 0.717) is 10.7 Å². The van der Waals surface area contributed by atoms with Crippen molar-refractivity contribution in [2.45, 2.75) is 13.5 Å². The summed E-state index contributed by atoms with van der Waals surface area (Å²) in [5.74, 6) is -0.857. The average Bonchev–Trinajstić information content (AvgIpc) is 2.61. The topological polar surface area (TPSA) is 64.0 Å². The van der Waals surface area contributed by atoms with Crippen LogP contribution in [0.2, 0.25) is 5.02 Å². The number of nitrogens with zero attached hydrogens (tertiary/aromatic N) is 2. The highest BCUT2D eigenvalue weighted by Gasteiger charge is 2.11. The largest absolute Gasteiger partial charge is 0.324 e. The third-order valence-electron chi connectivity index (χ3n) is 3.89. The molecule has 7 heteroatoms. The summed E-state index contributed by atoms with van der Waals surface area (Å²) < 4.78 is 15.0. The van der Waals surface area contributed by atoms with Gasteiger partial charge in [0.15, 0.2) is 0 Å². The number of nitrogens with one attached hydrogen (secondary N) is 1. The molecule has 1 N–H and O–H groups in total. The predicted molar refractivity (Wildman–Crippen MR) is 98.7 cm³/mol. The van der Waals surface area contributed by atoms with Crippen LogP contribution in [0, 0.1) is 12.7 Å². The summed E-state index contributed by atoms with van der Waals surface area (Å²) in [6.45, 7) is 1.57. The van der Waals surface area contributed by atoms with Gasteiger partial charge < -0.3 is 5.32 Å². The number of aromatic nitrogens is 2. The number of rotatable bonds is 4. The zero-order chi connectivity index (χ0) is 18.7. The van der Waals surface area contributed by atoms with Gasteiger partial charge in [0, 0.05) is 22.3 Å². The summed E-state index contributed by atoms with van der Waals surface area (Å²) in [6.07, 6.45) is 1.23. The second-order valence-corrected chi connectivity index (χ2v) is 6.09. The molecule has 0 bridgehead atoms. The smallest absolute Gasteiger partial charge is 0.254 e. The van der Waals surface area contributed by atoms with Crippen LogP contribution in [0.25, 0.3) is 11.3 Å². The highest BCUT2D eigenvalue weighted by atomic mass is 35.5. The molecule has 0 atom stereocenters. The van der Waals surface area contributed by atoms with Crippen molar-refractivity contribution in [1.82, 2.24) is 9.55 Å². The van der Waals surface area contributed by atoms with E-state index >= 15 is 0 Å². The van der Waals surface area contributed by atoms with Crippen molar-refractivity contribution in [2.24, 2.45) is 0 Å². The Labute approximate surface area is 154 Å². The molecule has 1 aromatic heterocycles. The molecule has 0 saturated carbocycles. The predicted octanol–water partition coefficient (Wildman–Crippen LogP) is 3.65. The third-order valence-corrected chi connectivity index (χ3v) is 4.29. The zero-order valence-electron chi connectivity index (χ0n) is 13.9. The van der Waals surface area contributed by atoms with Crippen LogP contribution in [0.4, 0.5) is 10.1 Å². The maximum absolute atomic E-state index is 13.8. The van der Waals surface area contributed by atoms with E-state index < -0.39 is 17.3 Å². The number of hydrogen-bond donors (Lipinski definition) is 1. The molecule has 1 heterocycles. The molecule has 0 radical (unpaired) electrons. The molecule has 0 spiro atoms. The second kappa shape index (κ2) is 7.49. The third kappa shape index (κ3) is 3.81. The molecule has 26 heavy (non-hydrogen) atoms. The molecule has 0 aliphatic carbocycles. The fraction of sp³-hybridized carbons (Fsp3) is 0.105. The van der Waals surface area contributed by atoms with Crippen LogP contribution in [0.1, 0.15) is 5.56 Å². The molecule has 0 unspecified atom stereocenters. The normalized spacial score (nSPS) is 10.6. The molecule has 2 aromatic carbocycles. The first kappa shape index (κ1) is 17.8. The summed E-state index contributed by atoms with van der Waals surface area (Å²) in [5.41, 5.74) is 1.32.